The summed E-state index contributed by atoms with van der Waals surface area (Å²) in [7, 11) is 0. The monoisotopic (exact) mass is 321 g/mol. The van der Waals surface area contributed by atoms with Gasteiger partial charge in [0.1, 0.15) is 5.82 Å². The molecule has 1 aliphatic heterocycles. The lowest BCUT2D eigenvalue weighted by atomic mass is 10.0. The standard InChI is InChI=1S/C15H16ClN3OS/c16-12-3-1-10(2-4-12)13-9-17-19-14(13)18-15(20)11-5-7-21-8-6-11/h1-4,9,11H,5-8H2,(H2,17,18,19,20). The van der Waals surface area contributed by atoms with E-state index in [2.05, 4.69) is 15.5 Å². The number of aromatic nitrogens is 2. The molecule has 4 nitrogen and oxygen atoms in total. The summed E-state index contributed by atoms with van der Waals surface area (Å²) in [4.78, 5) is 12.3. The van der Waals surface area contributed by atoms with E-state index in [1.165, 1.54) is 0 Å². The average Bonchev–Trinajstić information content (AvgIpc) is 2.97. The fourth-order valence-electron chi connectivity index (χ4n) is 2.41. The molecule has 3 rings (SSSR count). The molecule has 1 saturated heterocycles. The number of thioether (sulfide) groups is 1. The van der Waals surface area contributed by atoms with Crippen molar-refractivity contribution in [2.24, 2.45) is 5.92 Å². The van der Waals surface area contributed by atoms with Gasteiger partial charge in [-0.1, -0.05) is 23.7 Å². The van der Waals surface area contributed by atoms with E-state index in [0.29, 0.717) is 10.8 Å². The molecule has 0 spiro atoms. The van der Waals surface area contributed by atoms with Gasteiger partial charge in [-0.25, -0.2) is 0 Å². The Morgan fingerprint density at radius 1 is 1.29 bits per heavy atom. The van der Waals surface area contributed by atoms with Gasteiger partial charge in [-0.3, -0.25) is 9.89 Å². The number of rotatable bonds is 3. The van der Waals surface area contributed by atoms with E-state index in [1.54, 1.807) is 6.20 Å². The minimum Gasteiger partial charge on any atom is -0.310 e. The third-order valence-electron chi connectivity index (χ3n) is 3.63. The molecule has 1 aliphatic rings. The molecule has 1 fully saturated rings. The molecule has 2 heterocycles. The molecular weight excluding hydrogens is 306 g/mol. The van der Waals surface area contributed by atoms with Crippen LogP contribution in [0.2, 0.25) is 5.02 Å². The Kier molecular flexibility index (Phi) is 4.51. The lowest BCUT2D eigenvalue weighted by molar-refractivity contribution is -0.120. The molecule has 0 unspecified atom stereocenters. The topological polar surface area (TPSA) is 57.8 Å². The van der Waals surface area contributed by atoms with Crippen LogP contribution in [0.1, 0.15) is 12.8 Å². The summed E-state index contributed by atoms with van der Waals surface area (Å²) in [5.41, 5.74) is 1.85. The molecule has 0 bridgehead atoms. The summed E-state index contributed by atoms with van der Waals surface area (Å²) < 4.78 is 0. The second kappa shape index (κ2) is 6.54. The summed E-state index contributed by atoms with van der Waals surface area (Å²) >= 11 is 7.82. The summed E-state index contributed by atoms with van der Waals surface area (Å²) in [5, 5.41) is 10.6. The van der Waals surface area contributed by atoms with Crippen molar-refractivity contribution in [1.29, 1.82) is 0 Å². The van der Waals surface area contributed by atoms with Gasteiger partial charge in [0.05, 0.1) is 6.20 Å². The zero-order valence-corrected chi connectivity index (χ0v) is 13.0. The smallest absolute Gasteiger partial charge is 0.228 e. The highest BCUT2D eigenvalue weighted by Crippen LogP contribution is 2.29. The van der Waals surface area contributed by atoms with Gasteiger partial charge in [0, 0.05) is 16.5 Å². The highest BCUT2D eigenvalue weighted by Gasteiger charge is 2.22. The second-order valence-electron chi connectivity index (χ2n) is 5.04. The van der Waals surface area contributed by atoms with E-state index in [4.69, 9.17) is 11.6 Å². The number of hydrogen-bond donors (Lipinski definition) is 2. The summed E-state index contributed by atoms with van der Waals surface area (Å²) in [5.74, 6) is 2.96. The van der Waals surface area contributed by atoms with Crippen LogP contribution in [0.25, 0.3) is 11.1 Å². The van der Waals surface area contributed by atoms with Crippen LogP contribution in [-0.2, 0) is 4.79 Å². The zero-order chi connectivity index (χ0) is 14.7. The Hall–Kier alpha value is -1.46. The van der Waals surface area contributed by atoms with E-state index in [0.717, 1.165) is 35.5 Å². The number of carbonyl (C=O) groups excluding carboxylic acids is 1. The normalized spacial score (nSPS) is 15.9. The SMILES string of the molecule is O=C(Nc1[nH]ncc1-c1ccc(Cl)cc1)C1CCSCC1. The van der Waals surface area contributed by atoms with Crippen molar-refractivity contribution < 1.29 is 4.79 Å². The first-order valence-corrected chi connectivity index (χ1v) is 8.45. The molecule has 1 aromatic carbocycles. The lowest BCUT2D eigenvalue weighted by Gasteiger charge is -2.20. The molecule has 0 radical (unpaired) electrons. The molecule has 0 aliphatic carbocycles. The highest BCUT2D eigenvalue weighted by atomic mass is 35.5. The molecule has 1 amide bonds. The minimum atomic E-state index is 0.0785. The van der Waals surface area contributed by atoms with Crippen molar-refractivity contribution in [2.45, 2.75) is 12.8 Å². The van der Waals surface area contributed by atoms with Crippen LogP contribution in [0.15, 0.2) is 30.5 Å². The van der Waals surface area contributed by atoms with E-state index in [9.17, 15) is 4.79 Å². The maximum atomic E-state index is 12.3. The summed E-state index contributed by atoms with van der Waals surface area (Å²) in [6.45, 7) is 0. The number of amides is 1. The Balaban J connectivity index is 1.76. The van der Waals surface area contributed by atoms with E-state index >= 15 is 0 Å². The number of H-pyrrole nitrogens is 1. The number of halogens is 1. The molecule has 110 valence electrons. The maximum Gasteiger partial charge on any atom is 0.228 e. The second-order valence-corrected chi connectivity index (χ2v) is 6.70. The first-order chi connectivity index (χ1) is 10.2. The van der Waals surface area contributed by atoms with Gasteiger partial charge < -0.3 is 5.32 Å². The summed E-state index contributed by atoms with van der Waals surface area (Å²) in [6.07, 6.45) is 3.61. The number of hydrogen-bond acceptors (Lipinski definition) is 3. The van der Waals surface area contributed by atoms with Crippen molar-refractivity contribution in [2.75, 3.05) is 16.8 Å². The van der Waals surface area contributed by atoms with E-state index < -0.39 is 0 Å². The van der Waals surface area contributed by atoms with Crippen molar-refractivity contribution in [3.05, 3.63) is 35.5 Å². The fourth-order valence-corrected chi connectivity index (χ4v) is 3.65. The molecule has 2 N–H and O–H groups in total. The third kappa shape index (κ3) is 3.41. The Labute approximate surface area is 132 Å². The predicted octanol–water partition coefficient (Wildman–Crippen LogP) is 3.81. The first kappa shape index (κ1) is 14.5. The van der Waals surface area contributed by atoms with Crippen LogP contribution >= 0.6 is 23.4 Å². The van der Waals surface area contributed by atoms with Crippen LogP contribution in [-0.4, -0.2) is 27.6 Å². The Bertz CT molecular complexity index is 620. The van der Waals surface area contributed by atoms with Gasteiger partial charge >= 0.3 is 0 Å². The van der Waals surface area contributed by atoms with E-state index in [1.807, 2.05) is 36.0 Å². The van der Waals surface area contributed by atoms with Crippen LogP contribution in [0.3, 0.4) is 0 Å². The molecule has 2 aromatic rings. The molecule has 0 atom stereocenters. The first-order valence-electron chi connectivity index (χ1n) is 6.92. The number of nitrogens with one attached hydrogen (secondary N) is 2. The number of nitrogens with zero attached hydrogens (tertiary/aromatic N) is 1. The van der Waals surface area contributed by atoms with Gasteiger partial charge in [-0.05, 0) is 42.0 Å². The fraction of sp³-hybridized carbons (Fsp3) is 0.333. The lowest BCUT2D eigenvalue weighted by Crippen LogP contribution is -2.26. The number of aromatic amines is 1. The molecule has 6 heteroatoms. The third-order valence-corrected chi connectivity index (χ3v) is 4.94. The van der Waals surface area contributed by atoms with Crippen LogP contribution in [0.4, 0.5) is 5.82 Å². The van der Waals surface area contributed by atoms with E-state index in [-0.39, 0.29) is 11.8 Å². The molecular formula is C15H16ClN3OS. The number of carbonyl (C=O) groups is 1. The maximum absolute atomic E-state index is 12.3. The van der Waals surface area contributed by atoms with Crippen LogP contribution in [0.5, 0.6) is 0 Å². The highest BCUT2D eigenvalue weighted by molar-refractivity contribution is 7.99. The van der Waals surface area contributed by atoms with Gasteiger partial charge in [-0.15, -0.1) is 0 Å². The molecule has 21 heavy (non-hydrogen) atoms. The van der Waals surface area contributed by atoms with Gasteiger partial charge in [0.15, 0.2) is 0 Å². The minimum absolute atomic E-state index is 0.0785. The van der Waals surface area contributed by atoms with Crippen molar-refractivity contribution in [3.63, 3.8) is 0 Å². The average molecular weight is 322 g/mol. The number of anilines is 1. The number of benzene rings is 1. The molecule has 1 aromatic heterocycles. The van der Waals surface area contributed by atoms with Crippen molar-refractivity contribution >= 4 is 35.1 Å². The van der Waals surface area contributed by atoms with Crippen molar-refractivity contribution in [3.8, 4) is 11.1 Å². The summed E-state index contributed by atoms with van der Waals surface area (Å²) in [6, 6.07) is 7.49. The van der Waals surface area contributed by atoms with Gasteiger partial charge in [-0.2, -0.15) is 16.9 Å². The zero-order valence-electron chi connectivity index (χ0n) is 11.4. The van der Waals surface area contributed by atoms with Gasteiger partial charge in [0.2, 0.25) is 5.91 Å². The van der Waals surface area contributed by atoms with Crippen molar-refractivity contribution in [1.82, 2.24) is 10.2 Å². The van der Waals surface area contributed by atoms with Crippen LogP contribution in [0, 0.1) is 5.92 Å². The van der Waals surface area contributed by atoms with Gasteiger partial charge in [0.25, 0.3) is 0 Å². The quantitative estimate of drug-likeness (QED) is 0.903. The predicted molar refractivity (Wildman–Crippen MR) is 87.7 cm³/mol. The molecule has 0 saturated carbocycles. The Morgan fingerprint density at radius 3 is 2.71 bits per heavy atom. The Morgan fingerprint density at radius 2 is 2.00 bits per heavy atom. The van der Waals surface area contributed by atoms with Crippen LogP contribution < -0.4 is 5.32 Å². The largest absolute Gasteiger partial charge is 0.310 e.